The highest BCUT2D eigenvalue weighted by atomic mass is 19.1. The van der Waals surface area contributed by atoms with Crippen LogP contribution in [0.25, 0.3) is 0 Å². The number of alkyl halides is 1. The minimum atomic E-state index is -1.87. The maximum Gasteiger partial charge on any atom is 0.344 e. The second-order valence-corrected chi connectivity index (χ2v) is 3.54. The minimum absolute atomic E-state index is 0.292. The quantitative estimate of drug-likeness (QED) is 0.580. The number of aliphatic hydroxyl groups is 1. The largest absolute Gasteiger partial charge is 0.467 e. The number of halogens is 1. The normalized spacial score (nSPS) is 50.1. The highest BCUT2D eigenvalue weighted by molar-refractivity contribution is 5.85. The summed E-state index contributed by atoms with van der Waals surface area (Å²) in [5, 5.41) is 9.27. The van der Waals surface area contributed by atoms with Crippen molar-refractivity contribution in [3.05, 3.63) is 0 Å². The summed E-state index contributed by atoms with van der Waals surface area (Å²) in [6.45, 7) is 0. The van der Waals surface area contributed by atoms with Crippen molar-refractivity contribution in [3.8, 4) is 0 Å². The fourth-order valence-electron chi connectivity index (χ4n) is 2.36. The number of rotatable bonds is 1. The van der Waals surface area contributed by atoms with Gasteiger partial charge >= 0.3 is 5.97 Å². The van der Waals surface area contributed by atoms with E-state index in [0.717, 1.165) is 0 Å². The smallest absolute Gasteiger partial charge is 0.344 e. The van der Waals surface area contributed by atoms with Crippen LogP contribution in [0.15, 0.2) is 0 Å². The number of carbonyl (C=O) groups excluding carboxylic acids is 1. The Labute approximate surface area is 69.5 Å². The van der Waals surface area contributed by atoms with Gasteiger partial charge in [0.2, 0.25) is 5.67 Å². The molecule has 0 aromatic heterocycles. The average Bonchev–Trinajstić information content (AvgIpc) is 2.44. The molecule has 2 aliphatic rings. The maximum atomic E-state index is 13.6. The van der Waals surface area contributed by atoms with Crippen molar-refractivity contribution in [1.29, 1.82) is 0 Å². The van der Waals surface area contributed by atoms with E-state index in [2.05, 4.69) is 4.74 Å². The van der Waals surface area contributed by atoms with Crippen LogP contribution in [0.1, 0.15) is 12.8 Å². The maximum absolute atomic E-state index is 13.6. The number of hydrogen-bond donors (Lipinski definition) is 1. The zero-order valence-electron chi connectivity index (χ0n) is 6.79. The molecule has 0 heterocycles. The Balaban J connectivity index is 2.14. The minimum Gasteiger partial charge on any atom is -0.467 e. The third kappa shape index (κ3) is 0.710. The Bertz CT molecular complexity index is 230. The molecule has 2 aliphatic carbocycles. The molecule has 0 aliphatic heterocycles. The molecule has 68 valence electrons. The van der Waals surface area contributed by atoms with Crippen molar-refractivity contribution >= 4 is 5.97 Å². The van der Waals surface area contributed by atoms with Crippen molar-refractivity contribution in [2.24, 2.45) is 11.8 Å². The van der Waals surface area contributed by atoms with Gasteiger partial charge in [-0.15, -0.1) is 0 Å². The zero-order valence-corrected chi connectivity index (χ0v) is 6.79. The molecular weight excluding hydrogens is 163 g/mol. The van der Waals surface area contributed by atoms with Gasteiger partial charge in [-0.05, 0) is 12.8 Å². The summed E-state index contributed by atoms with van der Waals surface area (Å²) in [6, 6.07) is 0. The summed E-state index contributed by atoms with van der Waals surface area (Å²) in [5.41, 5.74) is -1.87. The first-order valence-electron chi connectivity index (χ1n) is 4.07. The number of carbonyl (C=O) groups is 1. The van der Waals surface area contributed by atoms with Crippen LogP contribution in [-0.2, 0) is 9.53 Å². The van der Waals surface area contributed by atoms with Crippen LogP contribution in [0.4, 0.5) is 4.39 Å². The van der Waals surface area contributed by atoms with Crippen LogP contribution < -0.4 is 0 Å². The second kappa shape index (κ2) is 2.19. The molecule has 0 aromatic rings. The number of fused-ring (bicyclic) bond motifs is 1. The van der Waals surface area contributed by atoms with E-state index in [0.29, 0.717) is 12.8 Å². The van der Waals surface area contributed by atoms with E-state index in [9.17, 15) is 14.3 Å². The first kappa shape index (κ1) is 7.98. The number of methoxy groups -OCH3 is 1. The zero-order chi connectivity index (χ0) is 8.93. The molecule has 4 atom stereocenters. The van der Waals surface area contributed by atoms with E-state index < -0.39 is 23.7 Å². The molecule has 2 fully saturated rings. The van der Waals surface area contributed by atoms with Crippen LogP contribution in [-0.4, -0.2) is 30.0 Å². The fourth-order valence-corrected chi connectivity index (χ4v) is 2.36. The number of esters is 1. The van der Waals surface area contributed by atoms with E-state index in [-0.39, 0.29) is 5.92 Å². The molecule has 1 N–H and O–H groups in total. The van der Waals surface area contributed by atoms with Gasteiger partial charge in [0, 0.05) is 11.8 Å². The van der Waals surface area contributed by atoms with Gasteiger partial charge < -0.3 is 9.84 Å². The van der Waals surface area contributed by atoms with Gasteiger partial charge in [0.05, 0.1) is 13.2 Å². The summed E-state index contributed by atoms with van der Waals surface area (Å²) in [5.74, 6) is -1.61. The van der Waals surface area contributed by atoms with E-state index in [1.165, 1.54) is 7.11 Å². The standard InChI is InChI=1S/C8H11FO3/c1-12-7(11)8(9)4-2-3-5(10)6(4)8/h4-6,10H,2-3H2,1H3/t4-,5-,6?,8-/m0/s1. The molecule has 0 bridgehead atoms. The lowest BCUT2D eigenvalue weighted by molar-refractivity contribution is -0.150. The summed E-state index contributed by atoms with van der Waals surface area (Å²) in [4.78, 5) is 10.9. The summed E-state index contributed by atoms with van der Waals surface area (Å²) in [7, 11) is 1.17. The van der Waals surface area contributed by atoms with Crippen LogP contribution in [0.5, 0.6) is 0 Å². The molecule has 3 nitrogen and oxygen atoms in total. The van der Waals surface area contributed by atoms with E-state index >= 15 is 0 Å². The Morgan fingerprint density at radius 1 is 1.67 bits per heavy atom. The van der Waals surface area contributed by atoms with Crippen LogP contribution in [0.2, 0.25) is 0 Å². The molecule has 0 aromatic carbocycles. The van der Waals surface area contributed by atoms with Crippen molar-refractivity contribution in [1.82, 2.24) is 0 Å². The van der Waals surface area contributed by atoms with Gasteiger partial charge in [-0.25, -0.2) is 9.18 Å². The lowest BCUT2D eigenvalue weighted by Gasteiger charge is -2.11. The van der Waals surface area contributed by atoms with Gasteiger partial charge in [-0.3, -0.25) is 0 Å². The molecule has 1 unspecified atom stereocenters. The number of hydrogen-bond acceptors (Lipinski definition) is 3. The van der Waals surface area contributed by atoms with Crippen molar-refractivity contribution in [2.45, 2.75) is 24.6 Å². The van der Waals surface area contributed by atoms with Gasteiger partial charge in [-0.2, -0.15) is 0 Å². The predicted octanol–water partition coefficient (Wildman–Crippen LogP) is 0.268. The number of aliphatic hydroxyl groups excluding tert-OH is 1. The van der Waals surface area contributed by atoms with Gasteiger partial charge in [0.15, 0.2) is 0 Å². The molecule has 12 heavy (non-hydrogen) atoms. The van der Waals surface area contributed by atoms with Gasteiger partial charge in [-0.1, -0.05) is 0 Å². The Hall–Kier alpha value is -0.640. The molecule has 2 saturated carbocycles. The van der Waals surface area contributed by atoms with Crippen molar-refractivity contribution in [2.75, 3.05) is 7.11 Å². The molecule has 0 spiro atoms. The van der Waals surface area contributed by atoms with E-state index in [4.69, 9.17) is 0 Å². The monoisotopic (exact) mass is 174 g/mol. The van der Waals surface area contributed by atoms with Crippen LogP contribution >= 0.6 is 0 Å². The molecular formula is C8H11FO3. The van der Waals surface area contributed by atoms with Gasteiger partial charge in [0.1, 0.15) is 0 Å². The topological polar surface area (TPSA) is 46.5 Å². The molecule has 0 amide bonds. The molecule has 0 saturated heterocycles. The van der Waals surface area contributed by atoms with E-state index in [1.54, 1.807) is 0 Å². The molecule has 4 heteroatoms. The average molecular weight is 174 g/mol. The summed E-state index contributed by atoms with van der Waals surface area (Å²) >= 11 is 0. The Morgan fingerprint density at radius 3 is 2.75 bits per heavy atom. The number of ether oxygens (including phenoxy) is 1. The SMILES string of the molecule is COC(=O)[C@@]1(F)C2[C@@H](O)CC[C@@H]21. The predicted molar refractivity (Wildman–Crippen MR) is 38.1 cm³/mol. The molecule has 2 rings (SSSR count). The third-order valence-corrected chi connectivity index (χ3v) is 3.04. The van der Waals surface area contributed by atoms with E-state index in [1.807, 2.05) is 0 Å². The first-order valence-corrected chi connectivity index (χ1v) is 4.07. The second-order valence-electron chi connectivity index (χ2n) is 3.54. The van der Waals surface area contributed by atoms with Crippen LogP contribution in [0, 0.1) is 11.8 Å². The van der Waals surface area contributed by atoms with Gasteiger partial charge in [0.25, 0.3) is 0 Å². The third-order valence-electron chi connectivity index (χ3n) is 3.04. The highest BCUT2D eigenvalue weighted by Crippen LogP contribution is 2.63. The Morgan fingerprint density at radius 2 is 2.33 bits per heavy atom. The Kier molecular flexibility index (Phi) is 1.46. The summed E-state index contributed by atoms with van der Waals surface area (Å²) < 4.78 is 18.0. The van der Waals surface area contributed by atoms with Crippen LogP contribution in [0.3, 0.4) is 0 Å². The van der Waals surface area contributed by atoms with Crippen molar-refractivity contribution in [3.63, 3.8) is 0 Å². The van der Waals surface area contributed by atoms with Crippen molar-refractivity contribution < 1.29 is 19.0 Å². The lowest BCUT2D eigenvalue weighted by Crippen LogP contribution is -2.28. The molecule has 0 radical (unpaired) electrons. The lowest BCUT2D eigenvalue weighted by atomic mass is 10.1. The highest BCUT2D eigenvalue weighted by Gasteiger charge is 2.76. The summed E-state index contributed by atoms with van der Waals surface area (Å²) in [6.07, 6.45) is 0.550. The first-order chi connectivity index (χ1) is 5.62. The fraction of sp³-hybridized carbons (Fsp3) is 0.875.